The maximum atomic E-state index is 14.2. The number of aliphatic hydroxyl groups is 1. The number of halogens is 3. The maximum absolute atomic E-state index is 14.2. The second-order valence-electron chi connectivity index (χ2n) is 20.3. The summed E-state index contributed by atoms with van der Waals surface area (Å²) in [6.45, 7) is 15.7. The van der Waals surface area contributed by atoms with Crippen LogP contribution in [0.1, 0.15) is 131 Å². The fraction of sp³-hybridized carbons (Fsp3) is 0.509. The molecule has 2 aliphatic heterocycles. The molecule has 5 atom stereocenters. The summed E-state index contributed by atoms with van der Waals surface area (Å²) in [4.78, 5) is 59.9. The van der Waals surface area contributed by atoms with Gasteiger partial charge in [0.25, 0.3) is 0 Å². The average molecular weight is 1000 g/mol. The molecule has 6 N–H and O–H groups in total. The number of thiazole rings is 1. The fourth-order valence-corrected chi connectivity index (χ4v) is 10.6. The number of aryl methyl sites for hydroxylation is 2. The van der Waals surface area contributed by atoms with Crippen molar-refractivity contribution >= 4 is 51.5 Å². The molecule has 0 spiro atoms. The van der Waals surface area contributed by atoms with E-state index in [9.17, 15) is 32.7 Å². The summed E-state index contributed by atoms with van der Waals surface area (Å²) in [5.74, 6) is 0.962. The number of likely N-dealkylation sites (tertiary alicyclic amines) is 2. The van der Waals surface area contributed by atoms with Crippen molar-refractivity contribution in [2.45, 2.75) is 136 Å². The molecule has 5 aromatic rings. The molecular weight excluding hydrogens is 932 g/mol. The summed E-state index contributed by atoms with van der Waals surface area (Å²) < 4.78 is 46.7. The number of carbonyl (C=O) groups is 3. The number of nitrogens with two attached hydrogens (primary N) is 1. The number of fused-ring (bicyclic) bond motifs is 1. The number of methoxy groups -OCH3 is 1. The summed E-state index contributed by atoms with van der Waals surface area (Å²) in [6, 6.07) is 12.8. The molecule has 2 aromatic heterocycles. The number of anilines is 2. The third-order valence-corrected chi connectivity index (χ3v) is 14.8. The number of hydrogen-bond acceptors (Lipinski definition) is 12. The minimum Gasteiger partial charge on any atom is -0.496 e. The van der Waals surface area contributed by atoms with Crippen LogP contribution in [0.25, 0.3) is 21.3 Å². The Morgan fingerprint density at radius 2 is 1.65 bits per heavy atom. The third-order valence-electron chi connectivity index (χ3n) is 13.8. The van der Waals surface area contributed by atoms with Crippen LogP contribution in [0.4, 0.5) is 24.7 Å². The molecule has 2 saturated heterocycles. The van der Waals surface area contributed by atoms with E-state index in [1.54, 1.807) is 32.3 Å². The molecule has 0 saturated carbocycles. The predicted octanol–water partition coefficient (Wildman–Crippen LogP) is 9.26. The number of piperidine rings is 1. The summed E-state index contributed by atoms with van der Waals surface area (Å²) in [7, 11) is 1.64. The molecule has 18 heteroatoms. The van der Waals surface area contributed by atoms with Gasteiger partial charge in [0.2, 0.25) is 17.7 Å². The van der Waals surface area contributed by atoms with Gasteiger partial charge < -0.3 is 41.3 Å². The molecular formula is C53H68F3N9O5S. The third kappa shape index (κ3) is 13.0. The highest BCUT2D eigenvalue weighted by molar-refractivity contribution is 7.13. The molecule has 0 radical (unpaired) electrons. The van der Waals surface area contributed by atoms with Crippen molar-refractivity contribution in [3.05, 3.63) is 93.9 Å². The highest BCUT2D eigenvalue weighted by Crippen LogP contribution is 2.40. The van der Waals surface area contributed by atoms with Gasteiger partial charge in [-0.1, -0.05) is 51.5 Å². The fourth-order valence-electron chi connectivity index (χ4n) is 9.79. The van der Waals surface area contributed by atoms with Gasteiger partial charge in [-0.25, -0.2) is 15.0 Å². The number of amides is 3. The number of carbonyl (C=O) groups excluding carboxylic acids is 3. The lowest BCUT2D eigenvalue weighted by atomic mass is 9.85. The zero-order valence-corrected chi connectivity index (χ0v) is 42.8. The maximum Gasteiger partial charge on any atom is 0.416 e. The van der Waals surface area contributed by atoms with E-state index in [1.807, 2.05) is 76.5 Å². The van der Waals surface area contributed by atoms with Crippen LogP contribution in [0.3, 0.4) is 0 Å². The normalized spacial score (nSPS) is 18.3. The lowest BCUT2D eigenvalue weighted by Gasteiger charge is -2.35. The number of aliphatic hydroxyl groups excluding tert-OH is 1. The largest absolute Gasteiger partial charge is 0.496 e. The van der Waals surface area contributed by atoms with Crippen molar-refractivity contribution in [1.82, 2.24) is 35.4 Å². The number of benzene rings is 3. The van der Waals surface area contributed by atoms with Gasteiger partial charge in [-0.2, -0.15) is 13.2 Å². The van der Waals surface area contributed by atoms with Crippen LogP contribution >= 0.6 is 11.3 Å². The molecule has 7 rings (SSSR count). The monoisotopic (exact) mass is 1000 g/mol. The van der Waals surface area contributed by atoms with Gasteiger partial charge in [0, 0.05) is 36.5 Å². The first kappa shape index (κ1) is 53.0. The number of rotatable bonds is 17. The quantitative estimate of drug-likeness (QED) is 0.0441. The molecule has 0 bridgehead atoms. The summed E-state index contributed by atoms with van der Waals surface area (Å²) in [6.07, 6.45) is -0.889. The van der Waals surface area contributed by atoms with Gasteiger partial charge in [-0.3, -0.25) is 14.4 Å². The number of unbranched alkanes of at least 4 members (excludes halogenated alkanes) is 2. The minimum atomic E-state index is -4.53. The average Bonchev–Trinajstić information content (AvgIpc) is 3.94. The van der Waals surface area contributed by atoms with Gasteiger partial charge in [0.15, 0.2) is 0 Å². The topological polar surface area (TPSA) is 188 Å². The van der Waals surface area contributed by atoms with Gasteiger partial charge in [0.1, 0.15) is 29.5 Å². The Hall–Kier alpha value is -5.85. The number of ether oxygens (including phenoxy) is 1. The van der Waals surface area contributed by atoms with Crippen LogP contribution in [-0.4, -0.2) is 99.1 Å². The lowest BCUT2D eigenvalue weighted by Crippen LogP contribution is -2.57. The van der Waals surface area contributed by atoms with Crippen molar-refractivity contribution in [3.8, 4) is 16.2 Å². The standard InChI is InChI=1S/C53H68F3N9O5S/c1-30(34-13-15-36(16-14-34)47-32(3)58-29-71-47)60-50(68)44-25-40(66)28-65(44)51(69)48(52(5,6)7)63-46(67)12-10-9-11-19-64-20-17-35(18-21-64)41-26-42-43(27-45(41)70-8)61-33(4)62-49(42)59-31(2)37-22-38(53(54,55)56)24-39(57)23-37/h13-16,22-24,26-27,29-31,35,40,44,48,66H,9-12,17-21,25,28,57H2,1-8H3,(H,60,68)(H,63,67)(H,59,61,62)/t30-,31+,40+,44-,48+/m0/s1. The Bertz CT molecular complexity index is 2680. The molecule has 0 aliphatic carbocycles. The second kappa shape index (κ2) is 22.3. The van der Waals surface area contributed by atoms with Gasteiger partial charge in [-0.15, -0.1) is 11.3 Å². The van der Waals surface area contributed by atoms with Crippen LogP contribution in [0.5, 0.6) is 5.75 Å². The number of nitrogens with one attached hydrogen (secondary N) is 3. The number of hydrogen-bond donors (Lipinski definition) is 5. The van der Waals surface area contributed by atoms with Crippen molar-refractivity contribution in [1.29, 1.82) is 0 Å². The SMILES string of the molecule is COc1cc2nc(C)nc(N[C@H](C)c3cc(N)cc(C(F)(F)F)c3)c2cc1C1CCN(CCCCCC(=O)N[C@H](C(=O)N2C[C@H](O)C[C@H]2C(=O)N[C@@H](C)c2ccc(-c3scnc3C)cc2)C(C)(C)C)CC1. The van der Waals surface area contributed by atoms with Crippen LogP contribution in [-0.2, 0) is 20.6 Å². The number of nitrogens with zero attached hydrogens (tertiary/aromatic N) is 5. The Morgan fingerprint density at radius 1 is 0.930 bits per heavy atom. The van der Waals surface area contributed by atoms with Crippen LogP contribution < -0.4 is 26.4 Å². The van der Waals surface area contributed by atoms with E-state index in [0.717, 1.165) is 95.8 Å². The number of β-amino-alcohol motifs (C(OH)–C–C–N with tert-alkyl or cyclic N) is 1. The molecule has 3 amide bonds. The van der Waals surface area contributed by atoms with E-state index in [0.29, 0.717) is 29.1 Å². The van der Waals surface area contributed by atoms with E-state index in [4.69, 9.17) is 10.5 Å². The number of nitrogen functional groups attached to an aromatic ring is 1. The Morgan fingerprint density at radius 3 is 2.30 bits per heavy atom. The number of aromatic nitrogens is 3. The van der Waals surface area contributed by atoms with E-state index >= 15 is 0 Å². The molecule has 14 nitrogen and oxygen atoms in total. The van der Waals surface area contributed by atoms with Crippen LogP contribution in [0.15, 0.2) is 60.1 Å². The van der Waals surface area contributed by atoms with E-state index in [1.165, 1.54) is 11.0 Å². The molecule has 3 aromatic carbocycles. The molecule has 71 heavy (non-hydrogen) atoms. The zero-order chi connectivity index (χ0) is 51.4. The van der Waals surface area contributed by atoms with E-state index in [-0.39, 0.29) is 54.8 Å². The van der Waals surface area contributed by atoms with Crippen molar-refractivity contribution in [2.75, 3.05) is 44.3 Å². The van der Waals surface area contributed by atoms with Gasteiger partial charge in [-0.05, 0) is 131 Å². The summed E-state index contributed by atoms with van der Waals surface area (Å²) >= 11 is 1.57. The minimum absolute atomic E-state index is 0.00177. The van der Waals surface area contributed by atoms with Crippen molar-refractivity contribution in [2.24, 2.45) is 5.41 Å². The Labute approximate surface area is 418 Å². The summed E-state index contributed by atoms with van der Waals surface area (Å²) in [5.41, 5.74) is 11.2. The zero-order valence-electron chi connectivity index (χ0n) is 42.0. The van der Waals surface area contributed by atoms with Crippen LogP contribution in [0, 0.1) is 19.3 Å². The molecule has 382 valence electrons. The molecule has 4 heterocycles. The first-order chi connectivity index (χ1) is 33.6. The summed E-state index contributed by atoms with van der Waals surface area (Å²) in [5, 5.41) is 20.8. The smallest absolute Gasteiger partial charge is 0.416 e. The Balaban J connectivity index is 0.888. The van der Waals surface area contributed by atoms with Crippen molar-refractivity contribution in [3.63, 3.8) is 0 Å². The molecule has 2 fully saturated rings. The van der Waals surface area contributed by atoms with Gasteiger partial charge >= 0.3 is 6.18 Å². The number of alkyl halides is 3. The molecule has 2 aliphatic rings. The van der Waals surface area contributed by atoms with E-state index in [2.05, 4.69) is 35.8 Å². The van der Waals surface area contributed by atoms with E-state index < -0.39 is 41.4 Å². The highest BCUT2D eigenvalue weighted by atomic mass is 32.1. The molecule has 0 unspecified atom stereocenters. The van der Waals surface area contributed by atoms with Gasteiger partial charge in [0.05, 0.1) is 52.5 Å². The Kier molecular flexibility index (Phi) is 16.6. The van der Waals surface area contributed by atoms with Crippen LogP contribution in [0.2, 0.25) is 0 Å². The highest BCUT2D eigenvalue weighted by Gasteiger charge is 2.45. The second-order valence-corrected chi connectivity index (χ2v) is 21.1. The lowest BCUT2D eigenvalue weighted by molar-refractivity contribution is -0.144. The predicted molar refractivity (Wildman–Crippen MR) is 272 cm³/mol. The first-order valence-corrected chi connectivity index (χ1v) is 25.4. The van der Waals surface area contributed by atoms with Crippen molar-refractivity contribution < 1.29 is 37.4 Å². The first-order valence-electron chi connectivity index (χ1n) is 24.5.